The highest BCUT2D eigenvalue weighted by Crippen LogP contribution is 1.98. The van der Waals surface area contributed by atoms with E-state index in [0.29, 0.717) is 13.1 Å². The Morgan fingerprint density at radius 1 is 0.870 bits per heavy atom. The van der Waals surface area contributed by atoms with Crippen LogP contribution in [0.1, 0.15) is 24.0 Å². The first-order valence-electron chi connectivity index (χ1n) is 7.38. The standard InChI is InChI=1S/C11H13NO3.C7H9N/c13-10(6-7-11(14)15)12-8-9-4-2-1-3-5-9;8-6-7-4-2-1-3-5-7/h1-5H,6-8H2,(H,12,13)(H,14,15);1-5H,6,8H2. The van der Waals surface area contributed by atoms with Crippen molar-refractivity contribution >= 4 is 11.9 Å². The molecule has 0 radical (unpaired) electrons. The highest BCUT2D eigenvalue weighted by atomic mass is 16.4. The number of benzene rings is 2. The summed E-state index contributed by atoms with van der Waals surface area (Å²) in [5.74, 6) is -1.19. The molecule has 1 amide bonds. The van der Waals surface area contributed by atoms with Crippen LogP contribution in [0.5, 0.6) is 0 Å². The second-order valence-electron chi connectivity index (χ2n) is 4.85. The summed E-state index contributed by atoms with van der Waals surface area (Å²) in [6.07, 6.45) is -0.0945. The molecule has 2 aromatic carbocycles. The molecule has 0 aromatic heterocycles. The Morgan fingerprint density at radius 2 is 1.39 bits per heavy atom. The van der Waals surface area contributed by atoms with Crippen molar-refractivity contribution in [2.45, 2.75) is 25.9 Å². The van der Waals surface area contributed by atoms with Gasteiger partial charge in [0.15, 0.2) is 0 Å². The molecule has 0 fully saturated rings. The zero-order valence-electron chi connectivity index (χ0n) is 12.9. The fraction of sp³-hybridized carbons (Fsp3) is 0.222. The molecule has 122 valence electrons. The zero-order chi connectivity index (χ0) is 16.9. The lowest BCUT2D eigenvalue weighted by atomic mass is 10.2. The summed E-state index contributed by atoms with van der Waals surface area (Å²) in [7, 11) is 0. The number of hydrogen-bond acceptors (Lipinski definition) is 3. The van der Waals surface area contributed by atoms with Crippen LogP contribution in [0.3, 0.4) is 0 Å². The zero-order valence-corrected chi connectivity index (χ0v) is 12.9. The van der Waals surface area contributed by atoms with E-state index in [0.717, 1.165) is 5.56 Å². The summed E-state index contributed by atoms with van der Waals surface area (Å²) in [6, 6.07) is 19.5. The normalized spacial score (nSPS) is 9.43. The van der Waals surface area contributed by atoms with Gasteiger partial charge in [-0.2, -0.15) is 0 Å². The molecule has 2 aromatic rings. The lowest BCUT2D eigenvalue weighted by Crippen LogP contribution is -2.23. The summed E-state index contributed by atoms with van der Waals surface area (Å²) in [6.45, 7) is 1.08. The van der Waals surface area contributed by atoms with Crippen LogP contribution in [0.4, 0.5) is 0 Å². The van der Waals surface area contributed by atoms with Crippen LogP contribution in [0.2, 0.25) is 0 Å². The van der Waals surface area contributed by atoms with Crippen LogP contribution < -0.4 is 11.1 Å². The smallest absolute Gasteiger partial charge is 0.303 e. The monoisotopic (exact) mass is 314 g/mol. The van der Waals surface area contributed by atoms with Crippen LogP contribution in [-0.2, 0) is 22.7 Å². The number of nitrogens with two attached hydrogens (primary N) is 1. The van der Waals surface area contributed by atoms with Crippen LogP contribution in [0.15, 0.2) is 60.7 Å². The summed E-state index contributed by atoms with van der Waals surface area (Å²) in [4.78, 5) is 21.3. The van der Waals surface area contributed by atoms with Gasteiger partial charge in [-0.25, -0.2) is 0 Å². The molecule has 0 unspecified atom stereocenters. The van der Waals surface area contributed by atoms with Crippen LogP contribution >= 0.6 is 0 Å². The lowest BCUT2D eigenvalue weighted by molar-refractivity contribution is -0.138. The van der Waals surface area contributed by atoms with Gasteiger partial charge >= 0.3 is 5.97 Å². The topological polar surface area (TPSA) is 92.4 Å². The van der Waals surface area contributed by atoms with Gasteiger partial charge in [-0.15, -0.1) is 0 Å². The molecule has 0 bridgehead atoms. The van der Waals surface area contributed by atoms with Gasteiger partial charge in [0.25, 0.3) is 0 Å². The van der Waals surface area contributed by atoms with Gasteiger partial charge in [0, 0.05) is 19.5 Å². The van der Waals surface area contributed by atoms with E-state index in [1.807, 2.05) is 60.7 Å². The predicted molar refractivity (Wildman–Crippen MR) is 89.5 cm³/mol. The van der Waals surface area contributed by atoms with Crippen LogP contribution in [-0.4, -0.2) is 17.0 Å². The van der Waals surface area contributed by atoms with E-state index in [4.69, 9.17) is 10.8 Å². The quantitative estimate of drug-likeness (QED) is 0.763. The minimum atomic E-state index is -0.954. The number of aliphatic carboxylic acids is 1. The van der Waals surface area contributed by atoms with Gasteiger partial charge < -0.3 is 16.2 Å². The molecule has 0 aliphatic rings. The molecule has 23 heavy (non-hydrogen) atoms. The maximum atomic E-state index is 11.1. The summed E-state index contributed by atoms with van der Waals surface area (Å²) < 4.78 is 0. The molecule has 5 nitrogen and oxygen atoms in total. The van der Waals surface area contributed by atoms with Gasteiger partial charge in [-0.1, -0.05) is 60.7 Å². The van der Waals surface area contributed by atoms with E-state index in [1.54, 1.807) is 0 Å². The number of nitrogens with one attached hydrogen (secondary N) is 1. The number of hydrogen-bond donors (Lipinski definition) is 3. The van der Waals surface area contributed by atoms with E-state index in [2.05, 4.69) is 5.32 Å². The molecule has 2 rings (SSSR count). The molecule has 4 N–H and O–H groups in total. The van der Waals surface area contributed by atoms with Gasteiger partial charge in [-0.3, -0.25) is 9.59 Å². The van der Waals surface area contributed by atoms with E-state index < -0.39 is 5.97 Å². The van der Waals surface area contributed by atoms with Gasteiger partial charge in [0.05, 0.1) is 6.42 Å². The maximum absolute atomic E-state index is 11.1. The molecular formula is C18H22N2O3. The third-order valence-corrected chi connectivity index (χ3v) is 2.98. The molecule has 0 saturated heterocycles. The molecule has 0 heterocycles. The molecule has 0 spiro atoms. The first-order valence-corrected chi connectivity index (χ1v) is 7.38. The van der Waals surface area contributed by atoms with Crippen molar-refractivity contribution < 1.29 is 14.7 Å². The Labute approximate surface area is 136 Å². The van der Waals surface area contributed by atoms with Crippen molar-refractivity contribution in [2.24, 2.45) is 5.73 Å². The van der Waals surface area contributed by atoms with Crippen molar-refractivity contribution in [3.63, 3.8) is 0 Å². The highest BCUT2D eigenvalue weighted by Gasteiger charge is 2.04. The predicted octanol–water partition coefficient (Wildman–Crippen LogP) is 2.31. The summed E-state index contributed by atoms with van der Waals surface area (Å²) in [5, 5.41) is 11.0. The van der Waals surface area contributed by atoms with E-state index in [-0.39, 0.29) is 18.7 Å². The number of carbonyl (C=O) groups excluding carboxylic acids is 1. The number of carboxylic acid groups (broad SMARTS) is 1. The van der Waals surface area contributed by atoms with Crippen molar-refractivity contribution in [2.75, 3.05) is 0 Å². The van der Waals surface area contributed by atoms with Gasteiger partial charge in [-0.05, 0) is 11.1 Å². The molecule has 0 aliphatic carbocycles. The Balaban J connectivity index is 0.000000277. The average molecular weight is 314 g/mol. The minimum Gasteiger partial charge on any atom is -0.481 e. The second kappa shape index (κ2) is 11.0. The van der Waals surface area contributed by atoms with Crippen LogP contribution in [0.25, 0.3) is 0 Å². The van der Waals surface area contributed by atoms with Crippen molar-refractivity contribution in [1.82, 2.24) is 5.32 Å². The Morgan fingerprint density at radius 3 is 1.83 bits per heavy atom. The van der Waals surface area contributed by atoms with Crippen molar-refractivity contribution in [3.05, 3.63) is 71.8 Å². The lowest BCUT2D eigenvalue weighted by Gasteiger charge is -2.03. The average Bonchev–Trinajstić information content (AvgIpc) is 2.60. The molecule has 0 saturated carbocycles. The molecule has 0 aliphatic heterocycles. The molecular weight excluding hydrogens is 292 g/mol. The molecule has 5 heteroatoms. The highest BCUT2D eigenvalue weighted by molar-refractivity contribution is 5.80. The number of carboxylic acids is 1. The first-order chi connectivity index (χ1) is 11.1. The maximum Gasteiger partial charge on any atom is 0.303 e. The van der Waals surface area contributed by atoms with Crippen molar-refractivity contribution in [1.29, 1.82) is 0 Å². The third kappa shape index (κ3) is 9.06. The Hall–Kier alpha value is -2.66. The largest absolute Gasteiger partial charge is 0.481 e. The summed E-state index contributed by atoms with van der Waals surface area (Å²) in [5.41, 5.74) is 7.54. The number of carbonyl (C=O) groups is 2. The van der Waals surface area contributed by atoms with Crippen molar-refractivity contribution in [3.8, 4) is 0 Å². The number of rotatable bonds is 6. The minimum absolute atomic E-state index is 0.0299. The fourth-order valence-electron chi connectivity index (χ4n) is 1.72. The molecule has 0 atom stereocenters. The SMILES string of the molecule is NCc1ccccc1.O=C(O)CCC(=O)NCc1ccccc1. The fourth-order valence-corrected chi connectivity index (χ4v) is 1.72. The second-order valence-corrected chi connectivity index (χ2v) is 4.85. The van der Waals surface area contributed by atoms with E-state index >= 15 is 0 Å². The third-order valence-electron chi connectivity index (χ3n) is 2.98. The Kier molecular flexibility index (Phi) is 8.78. The number of amides is 1. The van der Waals surface area contributed by atoms with E-state index in [9.17, 15) is 9.59 Å². The van der Waals surface area contributed by atoms with E-state index in [1.165, 1.54) is 5.56 Å². The van der Waals surface area contributed by atoms with Gasteiger partial charge in [0.1, 0.15) is 0 Å². The first kappa shape index (κ1) is 18.4. The van der Waals surface area contributed by atoms with Crippen LogP contribution in [0, 0.1) is 0 Å². The summed E-state index contributed by atoms with van der Waals surface area (Å²) >= 11 is 0. The Bertz CT molecular complexity index is 586. The van der Waals surface area contributed by atoms with Gasteiger partial charge in [0.2, 0.25) is 5.91 Å².